The van der Waals surface area contributed by atoms with Crippen LogP contribution >= 0.6 is 23.3 Å². The largest absolute Gasteiger partial charge is 0.364 e. The van der Waals surface area contributed by atoms with E-state index < -0.39 is 5.91 Å². The summed E-state index contributed by atoms with van der Waals surface area (Å²) in [6, 6.07) is 8.20. The molecule has 1 amide bonds. The van der Waals surface area contributed by atoms with E-state index in [1.54, 1.807) is 11.3 Å². The lowest BCUT2D eigenvalue weighted by Crippen LogP contribution is -2.23. The molecule has 0 atom stereocenters. The number of carbonyl (C=O) groups excluding carboxylic acids is 1. The van der Waals surface area contributed by atoms with E-state index in [0.717, 1.165) is 4.88 Å². The quantitative estimate of drug-likeness (QED) is 0.762. The Balaban J connectivity index is 2.23. The zero-order valence-electron chi connectivity index (χ0n) is 8.19. The predicted octanol–water partition coefficient (Wildman–Crippen LogP) is 2.34. The van der Waals surface area contributed by atoms with Crippen molar-refractivity contribution in [3.8, 4) is 0 Å². The number of fused-ring (bicyclic) bond motifs is 3. The number of primary amides is 1. The Kier molecular flexibility index (Phi) is 2.15. The average molecular weight is 248 g/mol. The molecule has 3 nitrogen and oxygen atoms in total. The van der Waals surface area contributed by atoms with E-state index in [-0.39, 0.29) is 0 Å². The molecule has 0 spiro atoms. The highest BCUT2D eigenvalue weighted by Gasteiger charge is 2.18. The van der Waals surface area contributed by atoms with Crippen LogP contribution < -0.4 is 10.5 Å². The second-order valence-electron chi connectivity index (χ2n) is 3.42. The number of carbonyl (C=O) groups is 1. The van der Waals surface area contributed by atoms with Gasteiger partial charge in [0.15, 0.2) is 0 Å². The van der Waals surface area contributed by atoms with Gasteiger partial charge in [-0.2, -0.15) is 0 Å². The van der Waals surface area contributed by atoms with E-state index >= 15 is 0 Å². The maximum atomic E-state index is 11.1. The summed E-state index contributed by atoms with van der Waals surface area (Å²) in [7, 11) is 0. The van der Waals surface area contributed by atoms with Gasteiger partial charge in [0, 0.05) is 15.0 Å². The molecule has 3 N–H and O–H groups in total. The number of amides is 1. The fourth-order valence-corrected chi connectivity index (χ4v) is 3.81. The topological polar surface area (TPSA) is 55.1 Å². The van der Waals surface area contributed by atoms with Gasteiger partial charge < -0.3 is 10.5 Å². The molecule has 1 aliphatic heterocycles. The van der Waals surface area contributed by atoms with Crippen LogP contribution in [0.15, 0.2) is 34.9 Å². The Morgan fingerprint density at radius 3 is 2.94 bits per heavy atom. The van der Waals surface area contributed by atoms with Crippen molar-refractivity contribution in [2.24, 2.45) is 5.73 Å². The summed E-state index contributed by atoms with van der Waals surface area (Å²) in [5, 5.41) is 1.22. The third-order valence-corrected chi connectivity index (χ3v) is 4.59. The summed E-state index contributed by atoms with van der Waals surface area (Å²) in [4.78, 5) is 13.3. The van der Waals surface area contributed by atoms with Crippen molar-refractivity contribution in [1.82, 2.24) is 4.72 Å². The summed E-state index contributed by atoms with van der Waals surface area (Å²) in [6.45, 7) is 0. The first-order chi connectivity index (χ1) is 7.75. The molecule has 0 bridgehead atoms. The number of hydrogen-bond acceptors (Lipinski definition) is 4. The standard InChI is InChI=1S/C11H8N2OS2/c12-11(14)7-5-9-10(16-13-7)6-3-1-2-4-8(6)15-9/h1-5,13H,(H2,12,14). The van der Waals surface area contributed by atoms with E-state index in [0.29, 0.717) is 5.70 Å². The number of nitrogens with one attached hydrogen (secondary N) is 1. The lowest BCUT2D eigenvalue weighted by molar-refractivity contribution is -0.114. The Morgan fingerprint density at radius 2 is 2.12 bits per heavy atom. The molecular weight excluding hydrogens is 240 g/mol. The zero-order valence-corrected chi connectivity index (χ0v) is 9.82. The van der Waals surface area contributed by atoms with Crippen LogP contribution in [0.2, 0.25) is 0 Å². The minimum atomic E-state index is -0.421. The molecule has 3 rings (SSSR count). The van der Waals surface area contributed by atoms with Crippen LogP contribution in [0.3, 0.4) is 0 Å². The van der Waals surface area contributed by atoms with Crippen molar-refractivity contribution >= 4 is 45.4 Å². The second kappa shape index (κ2) is 3.54. The summed E-state index contributed by atoms with van der Waals surface area (Å²) >= 11 is 3.13. The molecule has 0 saturated carbocycles. The highest BCUT2D eigenvalue weighted by molar-refractivity contribution is 7.98. The Hall–Kier alpha value is -1.46. The van der Waals surface area contributed by atoms with Gasteiger partial charge in [-0.05, 0) is 24.1 Å². The van der Waals surface area contributed by atoms with Gasteiger partial charge in [0.1, 0.15) is 5.70 Å². The SMILES string of the molecule is NC(=O)C1=Cc2sc3ccccc3c2SN1. The fourth-order valence-electron chi connectivity index (χ4n) is 1.63. The summed E-state index contributed by atoms with van der Waals surface area (Å²) < 4.78 is 4.19. The lowest BCUT2D eigenvalue weighted by atomic mass is 10.2. The third kappa shape index (κ3) is 1.40. The van der Waals surface area contributed by atoms with Gasteiger partial charge in [-0.3, -0.25) is 4.79 Å². The second-order valence-corrected chi connectivity index (χ2v) is 5.32. The van der Waals surface area contributed by atoms with Crippen LogP contribution in [0.4, 0.5) is 0 Å². The van der Waals surface area contributed by atoms with Gasteiger partial charge >= 0.3 is 0 Å². The van der Waals surface area contributed by atoms with Crippen LogP contribution in [0.1, 0.15) is 4.88 Å². The first-order valence-electron chi connectivity index (χ1n) is 4.71. The minimum Gasteiger partial charge on any atom is -0.364 e. The zero-order chi connectivity index (χ0) is 11.1. The van der Waals surface area contributed by atoms with Crippen LogP contribution in [0.5, 0.6) is 0 Å². The van der Waals surface area contributed by atoms with Gasteiger partial charge in [-0.15, -0.1) is 11.3 Å². The smallest absolute Gasteiger partial charge is 0.265 e. The van der Waals surface area contributed by atoms with Crippen LogP contribution in [-0.2, 0) is 4.79 Å². The monoisotopic (exact) mass is 248 g/mol. The van der Waals surface area contributed by atoms with Gasteiger partial charge in [0.25, 0.3) is 5.91 Å². The highest BCUT2D eigenvalue weighted by atomic mass is 32.2. The van der Waals surface area contributed by atoms with E-state index in [4.69, 9.17) is 5.73 Å². The Bertz CT molecular complexity index is 615. The molecule has 5 heteroatoms. The maximum Gasteiger partial charge on any atom is 0.265 e. The van der Waals surface area contributed by atoms with E-state index in [1.807, 2.05) is 18.2 Å². The molecule has 2 heterocycles. The van der Waals surface area contributed by atoms with Crippen molar-refractivity contribution in [3.05, 3.63) is 34.8 Å². The number of hydrogen-bond donors (Lipinski definition) is 2. The van der Waals surface area contributed by atoms with Crippen molar-refractivity contribution in [2.45, 2.75) is 4.90 Å². The number of nitrogens with two attached hydrogens (primary N) is 1. The van der Waals surface area contributed by atoms with Crippen molar-refractivity contribution in [2.75, 3.05) is 0 Å². The van der Waals surface area contributed by atoms with Gasteiger partial charge in [-0.25, -0.2) is 0 Å². The number of thiophene rings is 1. The predicted molar refractivity (Wildman–Crippen MR) is 68.0 cm³/mol. The van der Waals surface area contributed by atoms with E-state index in [9.17, 15) is 4.79 Å². The van der Waals surface area contributed by atoms with E-state index in [2.05, 4.69) is 16.9 Å². The average Bonchev–Trinajstić information content (AvgIpc) is 2.66. The van der Waals surface area contributed by atoms with E-state index in [1.165, 1.54) is 26.9 Å². The molecule has 0 radical (unpaired) electrons. The minimum absolute atomic E-state index is 0.421. The number of rotatable bonds is 1. The Labute approximate surface area is 100 Å². The highest BCUT2D eigenvalue weighted by Crippen LogP contribution is 2.40. The molecule has 0 aliphatic carbocycles. The maximum absolute atomic E-state index is 11.1. The molecular formula is C11H8N2OS2. The Morgan fingerprint density at radius 1 is 1.31 bits per heavy atom. The molecule has 0 fully saturated rings. The van der Waals surface area contributed by atoms with Crippen LogP contribution in [-0.4, -0.2) is 5.91 Å². The summed E-state index contributed by atoms with van der Waals surface area (Å²) in [5.74, 6) is -0.421. The molecule has 16 heavy (non-hydrogen) atoms. The lowest BCUT2D eigenvalue weighted by Gasteiger charge is -2.12. The summed E-state index contributed by atoms with van der Waals surface area (Å²) in [5.41, 5.74) is 5.70. The molecule has 0 saturated heterocycles. The van der Waals surface area contributed by atoms with Crippen LogP contribution in [0.25, 0.3) is 16.2 Å². The van der Waals surface area contributed by atoms with Gasteiger partial charge in [0.2, 0.25) is 0 Å². The molecule has 1 aromatic heterocycles. The number of benzene rings is 1. The fraction of sp³-hybridized carbons (Fsp3) is 0. The summed E-state index contributed by atoms with van der Waals surface area (Å²) in [6.07, 6.45) is 1.82. The van der Waals surface area contributed by atoms with Crippen molar-refractivity contribution in [3.63, 3.8) is 0 Å². The van der Waals surface area contributed by atoms with Crippen molar-refractivity contribution in [1.29, 1.82) is 0 Å². The van der Waals surface area contributed by atoms with Gasteiger partial charge in [-0.1, -0.05) is 18.2 Å². The molecule has 0 unspecified atom stereocenters. The van der Waals surface area contributed by atoms with Crippen molar-refractivity contribution < 1.29 is 4.79 Å². The third-order valence-electron chi connectivity index (χ3n) is 2.38. The molecule has 1 aromatic carbocycles. The first-order valence-corrected chi connectivity index (χ1v) is 6.35. The van der Waals surface area contributed by atoms with Crippen LogP contribution in [0, 0.1) is 0 Å². The normalized spacial score (nSPS) is 14.1. The molecule has 1 aliphatic rings. The molecule has 80 valence electrons. The molecule has 2 aromatic rings. The van der Waals surface area contributed by atoms with Gasteiger partial charge in [0.05, 0.1) is 4.90 Å². The first kappa shape index (κ1) is 9.74.